The molecule has 0 saturated heterocycles. The number of thiophene rings is 1. The van der Waals surface area contributed by atoms with Crippen LogP contribution in [0.4, 0.5) is 0 Å². The molecule has 2 aromatic heterocycles. The minimum absolute atomic E-state index is 0.149. The van der Waals surface area contributed by atoms with Crippen molar-refractivity contribution in [3.8, 4) is 0 Å². The lowest BCUT2D eigenvalue weighted by molar-refractivity contribution is 0.00292. The smallest absolute Gasteiger partial charge is 0.102 e. The number of nitrogens with zero attached hydrogens (tertiary/aromatic N) is 2. The highest BCUT2D eigenvalue weighted by Crippen LogP contribution is 2.29. The fourth-order valence-electron chi connectivity index (χ4n) is 1.96. The monoisotopic (exact) mass is 254 g/mol. The molecule has 0 spiro atoms. The Hall–Kier alpha value is -0.840. The van der Waals surface area contributed by atoms with Crippen molar-refractivity contribution in [3.05, 3.63) is 40.1 Å². The molecule has 0 aliphatic carbocycles. The van der Waals surface area contributed by atoms with Crippen LogP contribution in [0.5, 0.6) is 0 Å². The van der Waals surface area contributed by atoms with E-state index in [1.54, 1.807) is 11.3 Å². The Morgan fingerprint density at radius 1 is 1.62 bits per heavy atom. The average molecular weight is 255 g/mol. The van der Waals surface area contributed by atoms with Crippen LogP contribution in [0.2, 0.25) is 0 Å². The summed E-state index contributed by atoms with van der Waals surface area (Å²) in [4.78, 5) is 4.29. The van der Waals surface area contributed by atoms with Gasteiger partial charge in [0.15, 0.2) is 0 Å². The fraction of sp³-hybridized carbons (Fsp3) is 0.364. The van der Waals surface area contributed by atoms with Crippen LogP contribution in [0.15, 0.2) is 23.2 Å². The molecule has 0 saturated carbocycles. The number of alkyl halides is 1. The van der Waals surface area contributed by atoms with Crippen molar-refractivity contribution < 1.29 is 4.74 Å². The molecule has 0 bridgehead atoms. The molecule has 1 atom stereocenters. The first-order chi connectivity index (χ1) is 7.88. The fourth-order valence-corrected chi connectivity index (χ4v) is 2.88. The van der Waals surface area contributed by atoms with Gasteiger partial charge in [0.1, 0.15) is 6.10 Å². The van der Waals surface area contributed by atoms with E-state index in [9.17, 15) is 0 Å². The predicted molar refractivity (Wildman–Crippen MR) is 63.6 cm³/mol. The summed E-state index contributed by atoms with van der Waals surface area (Å²) in [5.74, 6) is 0.453. The molecule has 0 N–H and O–H groups in total. The van der Waals surface area contributed by atoms with E-state index in [1.807, 2.05) is 6.33 Å². The third-order valence-corrected chi connectivity index (χ3v) is 3.81. The molecule has 5 heteroatoms. The summed E-state index contributed by atoms with van der Waals surface area (Å²) in [7, 11) is 0. The number of halogens is 1. The Bertz CT molecular complexity index is 480. The molecule has 0 aromatic carbocycles. The van der Waals surface area contributed by atoms with E-state index in [-0.39, 0.29) is 6.10 Å². The molecule has 0 fully saturated rings. The molecule has 0 amide bonds. The predicted octanol–water partition coefficient (Wildman–Crippen LogP) is 2.95. The first-order valence-corrected chi connectivity index (χ1v) is 6.58. The zero-order valence-corrected chi connectivity index (χ0v) is 10.2. The van der Waals surface area contributed by atoms with Crippen LogP contribution in [-0.4, -0.2) is 9.55 Å². The topological polar surface area (TPSA) is 27.1 Å². The summed E-state index contributed by atoms with van der Waals surface area (Å²) in [6.45, 7) is 1.43. The maximum atomic E-state index is 5.84. The number of aromatic nitrogens is 2. The van der Waals surface area contributed by atoms with E-state index < -0.39 is 0 Å². The van der Waals surface area contributed by atoms with Crippen molar-refractivity contribution in [3.63, 3.8) is 0 Å². The lowest BCUT2D eigenvalue weighted by atomic mass is 10.1. The molecular weight excluding hydrogens is 244 g/mol. The number of ether oxygens (including phenoxy) is 1. The van der Waals surface area contributed by atoms with Gasteiger partial charge in [-0.2, -0.15) is 11.3 Å². The molecule has 3 nitrogen and oxygen atoms in total. The van der Waals surface area contributed by atoms with Crippen LogP contribution in [-0.2, 0) is 23.8 Å². The van der Waals surface area contributed by atoms with Gasteiger partial charge in [0.2, 0.25) is 0 Å². The Kier molecular flexibility index (Phi) is 2.71. The zero-order valence-electron chi connectivity index (χ0n) is 8.60. The van der Waals surface area contributed by atoms with Crippen molar-refractivity contribution in [2.45, 2.75) is 25.1 Å². The maximum absolute atomic E-state index is 5.84. The summed E-state index contributed by atoms with van der Waals surface area (Å²) in [6.07, 6.45) is 2.01. The van der Waals surface area contributed by atoms with Crippen LogP contribution < -0.4 is 0 Å². The molecule has 84 valence electrons. The van der Waals surface area contributed by atoms with Crippen LogP contribution >= 0.6 is 22.9 Å². The zero-order chi connectivity index (χ0) is 11.0. The van der Waals surface area contributed by atoms with Crippen molar-refractivity contribution in [2.75, 3.05) is 0 Å². The van der Waals surface area contributed by atoms with Gasteiger partial charge in [0, 0.05) is 0 Å². The Morgan fingerprint density at radius 3 is 3.31 bits per heavy atom. The Morgan fingerprint density at radius 2 is 2.56 bits per heavy atom. The van der Waals surface area contributed by atoms with Crippen LogP contribution in [0, 0.1) is 0 Å². The molecule has 1 aliphatic heterocycles. The highest BCUT2D eigenvalue weighted by molar-refractivity contribution is 7.07. The number of hydrogen-bond donors (Lipinski definition) is 0. The third kappa shape index (κ3) is 1.67. The van der Waals surface area contributed by atoms with E-state index in [4.69, 9.17) is 16.3 Å². The molecule has 0 radical (unpaired) electrons. The van der Waals surface area contributed by atoms with Gasteiger partial charge in [-0.3, -0.25) is 0 Å². The molecule has 16 heavy (non-hydrogen) atoms. The lowest BCUT2D eigenvalue weighted by Gasteiger charge is -2.24. The van der Waals surface area contributed by atoms with Gasteiger partial charge < -0.3 is 9.30 Å². The summed E-state index contributed by atoms with van der Waals surface area (Å²) in [6, 6.07) is 2.11. The van der Waals surface area contributed by atoms with E-state index in [0.717, 1.165) is 17.9 Å². The van der Waals surface area contributed by atoms with E-state index >= 15 is 0 Å². The van der Waals surface area contributed by atoms with Gasteiger partial charge in [0.25, 0.3) is 0 Å². The maximum Gasteiger partial charge on any atom is 0.102 e. The third-order valence-electron chi connectivity index (χ3n) is 2.86. The Balaban J connectivity index is 1.87. The first kappa shape index (κ1) is 10.3. The van der Waals surface area contributed by atoms with Gasteiger partial charge in [0.05, 0.1) is 36.7 Å². The lowest BCUT2D eigenvalue weighted by Crippen LogP contribution is -2.20. The molecule has 3 rings (SSSR count). The highest BCUT2D eigenvalue weighted by atomic mass is 35.5. The number of fused-ring (bicyclic) bond motifs is 1. The summed E-state index contributed by atoms with van der Waals surface area (Å²) >= 11 is 7.51. The number of rotatable bonds is 2. The first-order valence-electron chi connectivity index (χ1n) is 5.11. The van der Waals surface area contributed by atoms with Gasteiger partial charge in [-0.1, -0.05) is 0 Å². The van der Waals surface area contributed by atoms with E-state index in [1.165, 1.54) is 5.56 Å². The molecule has 3 heterocycles. The molecule has 0 unspecified atom stereocenters. The van der Waals surface area contributed by atoms with E-state index in [2.05, 4.69) is 26.4 Å². The van der Waals surface area contributed by atoms with Gasteiger partial charge >= 0.3 is 0 Å². The van der Waals surface area contributed by atoms with Gasteiger partial charge in [-0.15, -0.1) is 11.6 Å². The Labute approximate surface area is 103 Å². The van der Waals surface area contributed by atoms with Crippen LogP contribution in [0.1, 0.15) is 23.1 Å². The van der Waals surface area contributed by atoms with E-state index in [0.29, 0.717) is 12.5 Å². The molecule has 2 aromatic rings. The molecular formula is C11H11ClN2OS. The summed E-state index contributed by atoms with van der Waals surface area (Å²) in [5, 5.41) is 4.21. The SMILES string of the molecule is ClCc1ncn2c1CO[C@@H](c1ccsc1)C2. The van der Waals surface area contributed by atoms with Crippen molar-refractivity contribution in [1.82, 2.24) is 9.55 Å². The minimum Gasteiger partial charge on any atom is -0.365 e. The largest absolute Gasteiger partial charge is 0.365 e. The summed E-state index contributed by atoms with van der Waals surface area (Å²) in [5.41, 5.74) is 3.30. The van der Waals surface area contributed by atoms with Crippen LogP contribution in [0.25, 0.3) is 0 Å². The second-order valence-corrected chi connectivity index (χ2v) is 4.83. The highest BCUT2D eigenvalue weighted by Gasteiger charge is 2.23. The summed E-state index contributed by atoms with van der Waals surface area (Å²) < 4.78 is 7.98. The average Bonchev–Trinajstić information content (AvgIpc) is 2.97. The number of imidazole rings is 1. The van der Waals surface area contributed by atoms with Crippen LogP contribution in [0.3, 0.4) is 0 Å². The number of hydrogen-bond acceptors (Lipinski definition) is 3. The van der Waals surface area contributed by atoms with Gasteiger partial charge in [-0.05, 0) is 22.4 Å². The minimum atomic E-state index is 0.149. The standard InChI is InChI=1S/C11H11ClN2OS/c12-3-9-10-5-15-11(4-14(10)7-13-9)8-1-2-16-6-8/h1-2,6-7,11H,3-5H2/t11-/m1/s1. The quantitative estimate of drug-likeness (QED) is 0.771. The van der Waals surface area contributed by atoms with Crippen molar-refractivity contribution in [2.24, 2.45) is 0 Å². The second kappa shape index (κ2) is 4.20. The van der Waals surface area contributed by atoms with Crippen molar-refractivity contribution >= 4 is 22.9 Å². The normalized spacial score (nSPS) is 19.7. The van der Waals surface area contributed by atoms with Gasteiger partial charge in [-0.25, -0.2) is 4.98 Å². The molecule has 1 aliphatic rings. The van der Waals surface area contributed by atoms with Crippen molar-refractivity contribution in [1.29, 1.82) is 0 Å². The second-order valence-electron chi connectivity index (χ2n) is 3.78.